The fourth-order valence-electron chi connectivity index (χ4n) is 1.57. The van der Waals surface area contributed by atoms with Gasteiger partial charge in [0.1, 0.15) is 11.9 Å². The molecule has 2 rings (SSSR count). The van der Waals surface area contributed by atoms with E-state index in [1.165, 1.54) is 12.4 Å². The fraction of sp³-hybridized carbons (Fsp3) is 0.167. The van der Waals surface area contributed by atoms with Crippen LogP contribution in [0.5, 0.6) is 0 Å². The van der Waals surface area contributed by atoms with Crippen LogP contribution in [-0.2, 0) is 12.8 Å². The first kappa shape index (κ1) is 10.4. The molecule has 0 fully saturated rings. The lowest BCUT2D eigenvalue weighted by Gasteiger charge is -2.01. The topological polar surface area (TPSA) is 52.5 Å². The summed E-state index contributed by atoms with van der Waals surface area (Å²) in [6, 6.07) is 8.64. The number of nitrogens with one attached hydrogen (secondary N) is 1. The van der Waals surface area contributed by atoms with Crippen molar-refractivity contribution in [1.29, 1.82) is 5.26 Å². The van der Waals surface area contributed by atoms with Crippen LogP contribution in [0.2, 0.25) is 0 Å². The van der Waals surface area contributed by atoms with Crippen molar-refractivity contribution in [3.05, 3.63) is 53.4 Å². The minimum atomic E-state index is -0.208. The predicted octanol–water partition coefficient (Wildman–Crippen LogP) is 2.21. The van der Waals surface area contributed by atoms with Crippen molar-refractivity contribution in [3.8, 4) is 6.07 Å². The number of nitrogens with zero attached hydrogens (tertiary/aromatic N) is 2. The van der Waals surface area contributed by atoms with Gasteiger partial charge in [-0.15, -0.1) is 0 Å². The summed E-state index contributed by atoms with van der Waals surface area (Å²) in [4.78, 5) is 6.75. The number of benzene rings is 1. The number of halogens is 1. The Morgan fingerprint density at radius 1 is 1.31 bits per heavy atom. The van der Waals surface area contributed by atoms with Gasteiger partial charge in [0.2, 0.25) is 0 Å². The van der Waals surface area contributed by atoms with E-state index in [1.807, 2.05) is 6.07 Å². The SMILES string of the molecule is N#Cc1nc[nH]c1CCc1ccccc1F. The van der Waals surface area contributed by atoms with Gasteiger partial charge in [0.05, 0.1) is 12.0 Å². The molecule has 0 atom stereocenters. The Kier molecular flexibility index (Phi) is 2.97. The molecule has 0 spiro atoms. The zero-order valence-electron chi connectivity index (χ0n) is 8.57. The van der Waals surface area contributed by atoms with Crippen molar-refractivity contribution >= 4 is 0 Å². The Bertz CT molecular complexity index is 523. The molecule has 0 bridgehead atoms. The van der Waals surface area contributed by atoms with Crippen LogP contribution in [0.25, 0.3) is 0 Å². The summed E-state index contributed by atoms with van der Waals surface area (Å²) < 4.78 is 13.3. The van der Waals surface area contributed by atoms with Crippen molar-refractivity contribution in [3.63, 3.8) is 0 Å². The van der Waals surface area contributed by atoms with Crippen molar-refractivity contribution in [2.45, 2.75) is 12.8 Å². The number of hydrogen-bond donors (Lipinski definition) is 1. The second kappa shape index (κ2) is 4.58. The first-order valence-electron chi connectivity index (χ1n) is 4.97. The quantitative estimate of drug-likeness (QED) is 0.853. The minimum absolute atomic E-state index is 0.208. The number of H-pyrrole nitrogens is 1. The second-order valence-electron chi connectivity index (χ2n) is 3.43. The number of hydrogen-bond acceptors (Lipinski definition) is 2. The molecule has 1 aromatic carbocycles. The van der Waals surface area contributed by atoms with Crippen molar-refractivity contribution in [2.24, 2.45) is 0 Å². The summed E-state index contributed by atoms with van der Waals surface area (Å²) in [6.07, 6.45) is 2.63. The maximum atomic E-state index is 13.3. The van der Waals surface area contributed by atoms with Gasteiger partial charge in [-0.2, -0.15) is 5.26 Å². The van der Waals surface area contributed by atoms with Crippen LogP contribution in [0.4, 0.5) is 4.39 Å². The molecule has 16 heavy (non-hydrogen) atoms. The third-order valence-corrected chi connectivity index (χ3v) is 2.43. The summed E-state index contributed by atoms with van der Waals surface area (Å²) in [5.41, 5.74) is 1.79. The van der Waals surface area contributed by atoms with Gasteiger partial charge in [0.25, 0.3) is 0 Å². The number of aromatic nitrogens is 2. The fourth-order valence-corrected chi connectivity index (χ4v) is 1.57. The Hall–Kier alpha value is -2.15. The molecule has 0 saturated carbocycles. The molecule has 0 aliphatic carbocycles. The molecule has 3 nitrogen and oxygen atoms in total. The average Bonchev–Trinajstić information content (AvgIpc) is 2.75. The molecule has 1 N–H and O–H groups in total. The van der Waals surface area contributed by atoms with E-state index in [0.29, 0.717) is 24.1 Å². The van der Waals surface area contributed by atoms with Gasteiger partial charge >= 0.3 is 0 Å². The number of rotatable bonds is 3. The number of aromatic amines is 1. The highest BCUT2D eigenvalue weighted by molar-refractivity contribution is 5.27. The van der Waals surface area contributed by atoms with Crippen LogP contribution in [0, 0.1) is 17.1 Å². The Morgan fingerprint density at radius 3 is 2.88 bits per heavy atom. The first-order chi connectivity index (χ1) is 7.81. The molecule has 0 aliphatic heterocycles. The van der Waals surface area contributed by atoms with E-state index in [-0.39, 0.29) is 5.82 Å². The zero-order chi connectivity index (χ0) is 11.4. The van der Waals surface area contributed by atoms with Gasteiger partial charge in [-0.05, 0) is 24.5 Å². The third kappa shape index (κ3) is 2.09. The summed E-state index contributed by atoms with van der Waals surface area (Å²) in [7, 11) is 0. The molecule has 0 aliphatic rings. The maximum Gasteiger partial charge on any atom is 0.161 e. The molecule has 0 saturated heterocycles. The van der Waals surface area contributed by atoms with E-state index < -0.39 is 0 Å². The molecule has 80 valence electrons. The van der Waals surface area contributed by atoms with Crippen LogP contribution in [0.3, 0.4) is 0 Å². The molecule has 2 aromatic rings. The zero-order valence-corrected chi connectivity index (χ0v) is 8.57. The van der Waals surface area contributed by atoms with E-state index in [9.17, 15) is 4.39 Å². The van der Waals surface area contributed by atoms with Gasteiger partial charge in [0, 0.05) is 0 Å². The van der Waals surface area contributed by atoms with Crippen molar-refractivity contribution < 1.29 is 4.39 Å². The third-order valence-electron chi connectivity index (χ3n) is 2.43. The van der Waals surface area contributed by atoms with E-state index in [4.69, 9.17) is 5.26 Å². The van der Waals surface area contributed by atoms with Crippen LogP contribution in [-0.4, -0.2) is 9.97 Å². The molecule has 0 radical (unpaired) electrons. The van der Waals surface area contributed by atoms with E-state index in [1.54, 1.807) is 18.2 Å². The lowest BCUT2D eigenvalue weighted by molar-refractivity contribution is 0.608. The summed E-state index contributed by atoms with van der Waals surface area (Å²) in [5, 5.41) is 8.75. The number of nitriles is 1. The van der Waals surface area contributed by atoms with Crippen LogP contribution in [0.15, 0.2) is 30.6 Å². The van der Waals surface area contributed by atoms with Crippen LogP contribution < -0.4 is 0 Å². The Labute approximate surface area is 92.6 Å². The summed E-state index contributed by atoms with van der Waals surface area (Å²) >= 11 is 0. The first-order valence-corrected chi connectivity index (χ1v) is 4.97. The predicted molar refractivity (Wildman–Crippen MR) is 57.1 cm³/mol. The monoisotopic (exact) mass is 215 g/mol. The lowest BCUT2D eigenvalue weighted by Crippen LogP contribution is -1.96. The van der Waals surface area contributed by atoms with Crippen LogP contribution in [0.1, 0.15) is 17.0 Å². The van der Waals surface area contributed by atoms with E-state index in [2.05, 4.69) is 9.97 Å². The summed E-state index contributed by atoms with van der Waals surface area (Å²) in [5.74, 6) is -0.208. The molecule has 0 unspecified atom stereocenters. The summed E-state index contributed by atoms with van der Waals surface area (Å²) in [6.45, 7) is 0. The highest BCUT2D eigenvalue weighted by Crippen LogP contribution is 2.11. The maximum absolute atomic E-state index is 13.3. The molecule has 0 amide bonds. The van der Waals surface area contributed by atoms with Crippen molar-refractivity contribution in [2.75, 3.05) is 0 Å². The standard InChI is InChI=1S/C12H10FN3/c13-10-4-2-1-3-9(10)5-6-11-12(7-14)16-8-15-11/h1-4,8H,5-6H2,(H,15,16). The van der Waals surface area contributed by atoms with E-state index >= 15 is 0 Å². The number of aryl methyl sites for hydroxylation is 2. The normalized spacial score (nSPS) is 10.0. The largest absolute Gasteiger partial charge is 0.347 e. The lowest BCUT2D eigenvalue weighted by atomic mass is 10.1. The van der Waals surface area contributed by atoms with E-state index in [0.717, 1.165) is 5.69 Å². The Balaban J connectivity index is 2.09. The van der Waals surface area contributed by atoms with Gasteiger partial charge in [0.15, 0.2) is 5.69 Å². The van der Waals surface area contributed by atoms with Gasteiger partial charge in [-0.25, -0.2) is 9.37 Å². The molecule has 4 heteroatoms. The van der Waals surface area contributed by atoms with Crippen LogP contribution >= 0.6 is 0 Å². The highest BCUT2D eigenvalue weighted by atomic mass is 19.1. The average molecular weight is 215 g/mol. The van der Waals surface area contributed by atoms with Gasteiger partial charge in [-0.1, -0.05) is 18.2 Å². The molecular weight excluding hydrogens is 205 g/mol. The molecule has 1 aromatic heterocycles. The van der Waals surface area contributed by atoms with Crippen molar-refractivity contribution in [1.82, 2.24) is 9.97 Å². The second-order valence-corrected chi connectivity index (χ2v) is 3.43. The Morgan fingerprint density at radius 2 is 2.12 bits per heavy atom. The minimum Gasteiger partial charge on any atom is -0.347 e. The number of imidazole rings is 1. The smallest absolute Gasteiger partial charge is 0.161 e. The highest BCUT2D eigenvalue weighted by Gasteiger charge is 2.06. The van der Waals surface area contributed by atoms with Gasteiger partial charge in [-0.3, -0.25) is 0 Å². The molecule has 1 heterocycles. The molecular formula is C12H10FN3. The van der Waals surface area contributed by atoms with Gasteiger partial charge < -0.3 is 4.98 Å².